The van der Waals surface area contributed by atoms with Crippen LogP contribution in [0, 0.1) is 22.7 Å². The lowest BCUT2D eigenvalue weighted by Crippen LogP contribution is -2.70. The maximum absolute atomic E-state index is 17.8. The fourth-order valence-corrected chi connectivity index (χ4v) is 12.4. The minimum absolute atomic E-state index is 0.0284. The number of alkyl halides is 2. The van der Waals surface area contributed by atoms with Crippen molar-refractivity contribution in [3.05, 3.63) is 113 Å². The fourth-order valence-electron chi connectivity index (χ4n) is 12.4. The van der Waals surface area contributed by atoms with E-state index in [1.165, 1.54) is 12.2 Å². The van der Waals surface area contributed by atoms with Crippen molar-refractivity contribution in [3.8, 4) is 0 Å². The molecule has 6 aliphatic rings. The van der Waals surface area contributed by atoms with Crippen LogP contribution in [0.25, 0.3) is 0 Å². The molecular weight excluding hydrogens is 1020 g/mol. The summed E-state index contributed by atoms with van der Waals surface area (Å²) in [6, 6.07) is 15.1. The molecule has 3 saturated carbocycles. The van der Waals surface area contributed by atoms with E-state index in [0.717, 1.165) is 16.0 Å². The van der Waals surface area contributed by atoms with E-state index in [-0.39, 0.29) is 62.6 Å². The van der Waals surface area contributed by atoms with Crippen molar-refractivity contribution in [1.82, 2.24) is 10.2 Å². The molecule has 10 atom stereocenters. The van der Waals surface area contributed by atoms with E-state index in [2.05, 4.69) is 17.2 Å². The number of aliphatic hydroxyl groups excluding tert-OH is 2. The number of allylic oxidation sites excluding steroid dienone is 5. The molecule has 0 bridgehead atoms. The highest BCUT2D eigenvalue weighted by Crippen LogP contribution is 2.72. The molecule has 424 valence electrons. The van der Waals surface area contributed by atoms with Crippen LogP contribution in [0.3, 0.4) is 0 Å². The second-order valence-corrected chi connectivity index (χ2v) is 21.0. The SMILES string of the molecule is C=C1C=C[C@@]2(C)C(=C1)[C@@H](F)C[C@H]1[C@@H]3C[C@H]4O[C@@H](c5ccc(Cc6cccc(NC(=O)CCOCCOCCOCCOCCOCCOCCNC(=O)CCN7C(=O)C=CC7=O)c6)cc5)O[C@@]4(C(=O)CO)[C@@]3(C)C[C@H](O)[C@@]12F. The number of amides is 4. The van der Waals surface area contributed by atoms with Gasteiger partial charge in [-0.05, 0) is 72.9 Å². The van der Waals surface area contributed by atoms with Gasteiger partial charge in [0.25, 0.3) is 11.8 Å². The first kappa shape index (κ1) is 58.8. The van der Waals surface area contributed by atoms with E-state index < -0.39 is 82.8 Å². The number of nitrogens with zero attached hydrogens (tertiary/aromatic N) is 1. The number of carbonyl (C=O) groups excluding carboxylic acids is 5. The predicted molar refractivity (Wildman–Crippen MR) is 279 cm³/mol. The number of hydrogen-bond donors (Lipinski definition) is 4. The predicted octanol–water partition coefficient (Wildman–Crippen LogP) is 4.77. The number of benzene rings is 2. The zero-order valence-corrected chi connectivity index (χ0v) is 44.4. The molecular formula is C58H73F2N3O15. The molecule has 4 amide bonds. The maximum atomic E-state index is 17.8. The van der Waals surface area contributed by atoms with Gasteiger partial charge in [-0.15, -0.1) is 0 Å². The lowest BCUT2D eigenvalue weighted by molar-refractivity contribution is -0.235. The largest absolute Gasteiger partial charge is 0.390 e. The number of hydrogen-bond acceptors (Lipinski definition) is 15. The normalized spacial score (nSPS) is 29.7. The molecule has 4 fully saturated rings. The average Bonchev–Trinajstić information content (AvgIpc) is 4.07. The molecule has 2 aromatic rings. The minimum atomic E-state index is -2.23. The van der Waals surface area contributed by atoms with E-state index in [1.807, 2.05) is 48.5 Å². The Hall–Kier alpha value is -5.39. The van der Waals surface area contributed by atoms with Gasteiger partial charge in [-0.3, -0.25) is 28.9 Å². The van der Waals surface area contributed by atoms with Gasteiger partial charge < -0.3 is 58.7 Å². The molecule has 2 heterocycles. The van der Waals surface area contributed by atoms with Crippen LogP contribution in [-0.4, -0.2) is 173 Å². The highest BCUT2D eigenvalue weighted by Gasteiger charge is 2.80. The third kappa shape index (κ3) is 12.6. The molecule has 4 N–H and O–H groups in total. The lowest BCUT2D eigenvalue weighted by Gasteiger charge is -2.63. The molecule has 78 heavy (non-hydrogen) atoms. The molecule has 0 aromatic heterocycles. The maximum Gasteiger partial charge on any atom is 0.253 e. The molecule has 4 aliphatic carbocycles. The van der Waals surface area contributed by atoms with E-state index in [1.54, 1.807) is 32.1 Å². The van der Waals surface area contributed by atoms with Crippen LogP contribution in [0.5, 0.6) is 0 Å². The molecule has 20 heteroatoms. The van der Waals surface area contributed by atoms with E-state index >= 15 is 8.78 Å². The number of halogens is 2. The second kappa shape index (κ2) is 26.3. The van der Waals surface area contributed by atoms with E-state index in [0.29, 0.717) is 102 Å². The van der Waals surface area contributed by atoms with Crippen molar-refractivity contribution in [3.63, 3.8) is 0 Å². The fraction of sp³-hybridized carbons (Fsp3) is 0.569. The number of rotatable bonds is 30. The van der Waals surface area contributed by atoms with Crippen LogP contribution < -0.4 is 10.6 Å². The van der Waals surface area contributed by atoms with E-state index in [9.17, 15) is 34.2 Å². The van der Waals surface area contributed by atoms with E-state index in [4.69, 9.17) is 37.9 Å². The first-order chi connectivity index (χ1) is 37.5. The summed E-state index contributed by atoms with van der Waals surface area (Å²) in [4.78, 5) is 62.7. The van der Waals surface area contributed by atoms with Crippen LogP contribution in [0.4, 0.5) is 14.5 Å². The topological polar surface area (TPSA) is 227 Å². The standard InChI is InChI=1S/C58H73F2N3O15/c1-38-13-16-55(2)45(31-38)46(59)34-44-43-35-49-58(48(66)37-64,56(43,3)36-47(65)57(44,55)60)78-54(77-49)41-9-7-39(8-10-41)32-40-5-4-6-42(33-40)62-51(68)15-19-71-21-23-73-25-27-75-29-30-76-28-26-74-24-22-72-20-17-61-50(67)14-18-63-52(69)11-12-53(63)70/h4-13,16,31,33,43-44,46-47,49,54,64-65H,1,14-15,17-30,32,34-37H2,2-3H3,(H,61,67)(H,62,68)/t43-,44-,46-,47-,49+,54+,55-,56-,57-,58+/m0/s1. The van der Waals surface area contributed by atoms with Gasteiger partial charge in [-0.2, -0.15) is 0 Å². The van der Waals surface area contributed by atoms with Crippen molar-refractivity contribution >= 4 is 35.1 Å². The molecule has 0 unspecified atom stereocenters. The Balaban J connectivity index is 0.663. The zero-order valence-electron chi connectivity index (χ0n) is 44.4. The van der Waals surface area contributed by atoms with Gasteiger partial charge in [0.05, 0.1) is 97.9 Å². The first-order valence-corrected chi connectivity index (χ1v) is 26.9. The van der Waals surface area contributed by atoms with Crippen LogP contribution in [0.1, 0.15) is 68.9 Å². The summed E-state index contributed by atoms with van der Waals surface area (Å²) < 4.78 is 80.2. The van der Waals surface area contributed by atoms with Gasteiger partial charge in [-0.1, -0.05) is 68.1 Å². The number of fused-ring (bicyclic) bond motifs is 7. The number of nitrogens with one attached hydrogen (secondary N) is 2. The third-order valence-electron chi connectivity index (χ3n) is 16.3. The molecule has 0 spiro atoms. The minimum Gasteiger partial charge on any atom is -0.390 e. The number of anilines is 1. The van der Waals surface area contributed by atoms with Crippen LogP contribution in [0.2, 0.25) is 0 Å². The average molecular weight is 1090 g/mol. The number of imide groups is 1. The van der Waals surface area contributed by atoms with Crippen molar-refractivity contribution in [2.24, 2.45) is 22.7 Å². The number of Topliss-reactive ketones (excluding diaryl/α,β-unsaturated/α-hetero) is 1. The number of ketones is 1. The van der Waals surface area contributed by atoms with Crippen molar-refractivity contribution in [2.75, 3.05) is 104 Å². The molecule has 18 nitrogen and oxygen atoms in total. The van der Waals surface area contributed by atoms with Gasteiger partial charge in [-0.25, -0.2) is 8.78 Å². The monoisotopic (exact) mass is 1090 g/mol. The van der Waals surface area contributed by atoms with Gasteiger partial charge in [0.2, 0.25) is 11.8 Å². The molecule has 0 radical (unpaired) electrons. The Morgan fingerprint density at radius 1 is 0.782 bits per heavy atom. The van der Waals surface area contributed by atoms with Crippen molar-refractivity contribution < 1.29 is 80.9 Å². The molecule has 2 aromatic carbocycles. The molecule has 8 rings (SSSR count). The highest BCUT2D eigenvalue weighted by molar-refractivity contribution is 6.13. The zero-order chi connectivity index (χ0) is 55.5. The van der Waals surface area contributed by atoms with Crippen LogP contribution in [-0.2, 0) is 68.3 Å². The van der Waals surface area contributed by atoms with Crippen molar-refractivity contribution in [1.29, 1.82) is 0 Å². The summed E-state index contributed by atoms with van der Waals surface area (Å²) in [5, 5.41) is 27.8. The summed E-state index contributed by atoms with van der Waals surface area (Å²) in [7, 11) is 0. The summed E-state index contributed by atoms with van der Waals surface area (Å²) >= 11 is 0. The number of carbonyl (C=O) groups is 5. The second-order valence-electron chi connectivity index (χ2n) is 21.0. The summed E-state index contributed by atoms with van der Waals surface area (Å²) in [6.07, 6.45) is 2.94. The van der Waals surface area contributed by atoms with Gasteiger partial charge >= 0.3 is 0 Å². The summed E-state index contributed by atoms with van der Waals surface area (Å²) in [5.41, 5.74) is -2.50. The smallest absolute Gasteiger partial charge is 0.253 e. The Kier molecular flexibility index (Phi) is 19.8. The number of ether oxygens (including phenoxy) is 8. The quantitative estimate of drug-likeness (QED) is 0.0611. The van der Waals surface area contributed by atoms with Crippen LogP contribution >= 0.6 is 0 Å². The Bertz CT molecular complexity index is 2560. The third-order valence-corrected chi connectivity index (χ3v) is 16.3. The van der Waals surface area contributed by atoms with Gasteiger partial charge in [0.1, 0.15) is 12.8 Å². The van der Waals surface area contributed by atoms with Crippen molar-refractivity contribution in [2.45, 2.75) is 88.3 Å². The van der Waals surface area contributed by atoms with Gasteiger partial charge in [0, 0.05) is 59.7 Å². The Morgan fingerprint density at radius 3 is 2.03 bits per heavy atom. The lowest BCUT2D eigenvalue weighted by atomic mass is 9.44. The highest BCUT2D eigenvalue weighted by atomic mass is 19.1. The molecule has 2 aliphatic heterocycles. The first-order valence-electron chi connectivity index (χ1n) is 26.9. The Labute approximate surface area is 453 Å². The van der Waals surface area contributed by atoms with Gasteiger partial charge in [0.15, 0.2) is 23.3 Å². The summed E-state index contributed by atoms with van der Waals surface area (Å²) in [5.74, 6) is -3.46. The summed E-state index contributed by atoms with van der Waals surface area (Å²) in [6.45, 7) is 11.1. The Morgan fingerprint density at radius 2 is 1.40 bits per heavy atom. The van der Waals surface area contributed by atoms with Crippen LogP contribution in [0.15, 0.2) is 96.6 Å². The number of aliphatic hydroxyl groups is 2. The molecule has 1 saturated heterocycles.